The second kappa shape index (κ2) is 9.59. The van der Waals surface area contributed by atoms with E-state index in [1.807, 2.05) is 31.4 Å². The number of aryl methyl sites for hydroxylation is 2. The number of benzene rings is 1. The Labute approximate surface area is 205 Å². The summed E-state index contributed by atoms with van der Waals surface area (Å²) in [5, 5.41) is 12.1. The largest absolute Gasteiger partial charge is 0.392 e. The fourth-order valence-corrected chi connectivity index (χ4v) is 6.11. The van der Waals surface area contributed by atoms with Crippen LogP contribution >= 0.6 is 11.3 Å². The Balaban J connectivity index is 1.65. The molecule has 1 atom stereocenters. The Morgan fingerprint density at radius 1 is 1.21 bits per heavy atom. The van der Waals surface area contributed by atoms with Crippen LogP contribution in [-0.4, -0.2) is 60.4 Å². The first kappa shape index (κ1) is 24.6. The quantitative estimate of drug-likeness (QED) is 0.548. The molecular formula is C24H31N5O3S2. The summed E-state index contributed by atoms with van der Waals surface area (Å²) >= 11 is 1.45. The van der Waals surface area contributed by atoms with Crippen LogP contribution in [0.2, 0.25) is 0 Å². The Bertz CT molecular complexity index is 1290. The van der Waals surface area contributed by atoms with Gasteiger partial charge in [-0.1, -0.05) is 13.8 Å². The minimum Gasteiger partial charge on any atom is -0.392 e. The summed E-state index contributed by atoms with van der Waals surface area (Å²) in [6.45, 7) is 10.2. The molecule has 0 spiro atoms. The van der Waals surface area contributed by atoms with Crippen LogP contribution in [0, 0.1) is 19.8 Å². The van der Waals surface area contributed by atoms with Crippen molar-refractivity contribution in [2.45, 2.75) is 45.2 Å². The van der Waals surface area contributed by atoms with E-state index >= 15 is 0 Å². The lowest BCUT2D eigenvalue weighted by Gasteiger charge is -2.44. The third-order valence-electron chi connectivity index (χ3n) is 6.26. The molecule has 2 aromatic heterocycles. The number of aliphatic hydroxyl groups excluding tert-OH is 1. The van der Waals surface area contributed by atoms with Crippen molar-refractivity contribution >= 4 is 32.8 Å². The molecule has 0 aliphatic carbocycles. The molecule has 0 bridgehead atoms. The average Bonchev–Trinajstić information content (AvgIpc) is 3.23. The lowest BCUT2D eigenvalue weighted by Crippen LogP contribution is -2.56. The first-order valence-corrected chi connectivity index (χ1v) is 14.1. The molecule has 0 unspecified atom stereocenters. The molecule has 0 saturated carbocycles. The van der Waals surface area contributed by atoms with E-state index in [4.69, 9.17) is 0 Å². The molecule has 1 aliphatic heterocycles. The Morgan fingerprint density at radius 2 is 1.97 bits per heavy atom. The van der Waals surface area contributed by atoms with Crippen molar-refractivity contribution in [2.75, 3.05) is 35.7 Å². The van der Waals surface area contributed by atoms with Gasteiger partial charge in [-0.2, -0.15) is 0 Å². The SMILES string of the molecule is Cc1csc(-c2ccc(N3CCN(c4ncc(CO)c(C)n4)[C@H](C(C)C)C3)cc2S(C)(=O)=O)n1. The van der Waals surface area contributed by atoms with Crippen LogP contribution < -0.4 is 9.80 Å². The van der Waals surface area contributed by atoms with E-state index in [0.717, 1.165) is 29.2 Å². The van der Waals surface area contributed by atoms with Gasteiger partial charge >= 0.3 is 0 Å². The van der Waals surface area contributed by atoms with Gasteiger partial charge in [-0.3, -0.25) is 0 Å². The monoisotopic (exact) mass is 501 g/mol. The predicted octanol–water partition coefficient (Wildman–Crippen LogP) is 3.46. The highest BCUT2D eigenvalue weighted by Crippen LogP contribution is 2.34. The molecule has 10 heteroatoms. The molecule has 1 fully saturated rings. The van der Waals surface area contributed by atoms with Crippen molar-refractivity contribution in [3.05, 3.63) is 46.7 Å². The predicted molar refractivity (Wildman–Crippen MR) is 136 cm³/mol. The Morgan fingerprint density at radius 3 is 2.56 bits per heavy atom. The minimum absolute atomic E-state index is 0.0767. The summed E-state index contributed by atoms with van der Waals surface area (Å²) in [5.74, 6) is 0.996. The standard InChI is InChI=1S/C24H31N5O3S2/c1-15(2)21-12-28(8-9-29(21)24-25-11-18(13-30)17(4)27-24)19-6-7-20(22(10-19)34(5,31)32)23-26-16(3)14-33-23/h6-7,10-11,14-15,21,30H,8-9,12-13H2,1-5H3/t21-/m0/s1. The van der Waals surface area contributed by atoms with Gasteiger partial charge < -0.3 is 14.9 Å². The maximum Gasteiger partial charge on any atom is 0.225 e. The number of hydrogen-bond donors (Lipinski definition) is 1. The van der Waals surface area contributed by atoms with E-state index in [9.17, 15) is 13.5 Å². The third kappa shape index (κ3) is 4.94. The molecule has 0 amide bonds. The van der Waals surface area contributed by atoms with Crippen molar-refractivity contribution in [3.63, 3.8) is 0 Å². The molecular weight excluding hydrogens is 470 g/mol. The Kier molecular flexibility index (Phi) is 6.93. The molecule has 8 nitrogen and oxygen atoms in total. The second-order valence-corrected chi connectivity index (χ2v) is 12.0. The molecule has 1 N–H and O–H groups in total. The van der Waals surface area contributed by atoms with Crippen LogP contribution in [0.15, 0.2) is 34.7 Å². The van der Waals surface area contributed by atoms with E-state index in [0.29, 0.717) is 40.4 Å². The number of sulfone groups is 1. The number of piperazine rings is 1. The van der Waals surface area contributed by atoms with Gasteiger partial charge in [0, 0.05) is 65.7 Å². The normalized spacial score (nSPS) is 17.0. The summed E-state index contributed by atoms with van der Waals surface area (Å²) in [4.78, 5) is 18.4. The molecule has 1 saturated heterocycles. The van der Waals surface area contributed by atoms with E-state index in [2.05, 4.69) is 38.6 Å². The minimum atomic E-state index is -3.44. The van der Waals surface area contributed by atoms with Gasteiger partial charge in [0.15, 0.2) is 9.84 Å². The van der Waals surface area contributed by atoms with Gasteiger partial charge in [0.2, 0.25) is 5.95 Å². The maximum atomic E-state index is 12.7. The van der Waals surface area contributed by atoms with Crippen LogP contribution in [0.4, 0.5) is 11.6 Å². The zero-order valence-electron chi connectivity index (χ0n) is 20.2. The molecule has 0 radical (unpaired) electrons. The average molecular weight is 502 g/mol. The summed E-state index contributed by atoms with van der Waals surface area (Å²) in [5.41, 5.74) is 3.92. The van der Waals surface area contributed by atoms with Gasteiger partial charge in [0.05, 0.1) is 17.5 Å². The molecule has 34 heavy (non-hydrogen) atoms. The molecule has 3 heterocycles. The second-order valence-electron chi connectivity index (χ2n) is 9.14. The summed E-state index contributed by atoms with van der Waals surface area (Å²) in [7, 11) is -3.44. The highest BCUT2D eigenvalue weighted by molar-refractivity contribution is 7.90. The highest BCUT2D eigenvalue weighted by Gasteiger charge is 2.32. The summed E-state index contributed by atoms with van der Waals surface area (Å²) in [6.07, 6.45) is 2.94. The number of anilines is 2. The van der Waals surface area contributed by atoms with Crippen LogP contribution in [0.1, 0.15) is 30.8 Å². The van der Waals surface area contributed by atoms with E-state index in [1.165, 1.54) is 17.6 Å². The smallest absolute Gasteiger partial charge is 0.225 e. The molecule has 4 rings (SSSR count). The molecule has 1 aromatic carbocycles. The Hall–Kier alpha value is -2.56. The zero-order chi connectivity index (χ0) is 24.6. The lowest BCUT2D eigenvalue weighted by molar-refractivity contribution is 0.280. The van der Waals surface area contributed by atoms with Crippen LogP contribution in [0.5, 0.6) is 0 Å². The topological polar surface area (TPSA) is 99.5 Å². The van der Waals surface area contributed by atoms with Crippen LogP contribution in [-0.2, 0) is 16.4 Å². The lowest BCUT2D eigenvalue weighted by atomic mass is 9.99. The molecule has 3 aromatic rings. The highest BCUT2D eigenvalue weighted by atomic mass is 32.2. The van der Waals surface area contributed by atoms with Crippen molar-refractivity contribution in [1.29, 1.82) is 0 Å². The number of hydrogen-bond acceptors (Lipinski definition) is 9. The molecule has 182 valence electrons. The first-order valence-electron chi connectivity index (χ1n) is 11.3. The zero-order valence-corrected chi connectivity index (χ0v) is 21.8. The van der Waals surface area contributed by atoms with Crippen molar-refractivity contribution in [1.82, 2.24) is 15.0 Å². The van der Waals surface area contributed by atoms with Gasteiger partial charge in [-0.25, -0.2) is 23.4 Å². The summed E-state index contributed by atoms with van der Waals surface area (Å²) in [6, 6.07) is 5.80. The number of thiazole rings is 1. The third-order valence-corrected chi connectivity index (χ3v) is 8.39. The van der Waals surface area contributed by atoms with E-state index in [1.54, 1.807) is 12.3 Å². The number of aromatic nitrogens is 3. The maximum absolute atomic E-state index is 12.7. The number of aliphatic hydroxyl groups is 1. The molecule has 1 aliphatic rings. The fraction of sp³-hybridized carbons (Fsp3) is 0.458. The van der Waals surface area contributed by atoms with Gasteiger partial charge in [0.25, 0.3) is 0 Å². The number of rotatable bonds is 6. The van der Waals surface area contributed by atoms with Gasteiger partial charge in [-0.05, 0) is 38.0 Å². The van der Waals surface area contributed by atoms with Gasteiger partial charge in [-0.15, -0.1) is 11.3 Å². The van der Waals surface area contributed by atoms with Gasteiger partial charge in [0.1, 0.15) is 5.01 Å². The van der Waals surface area contributed by atoms with E-state index < -0.39 is 9.84 Å². The number of nitrogens with zero attached hydrogens (tertiary/aromatic N) is 5. The fourth-order valence-electron chi connectivity index (χ4n) is 4.31. The van der Waals surface area contributed by atoms with Crippen LogP contribution in [0.3, 0.4) is 0 Å². The van der Waals surface area contributed by atoms with E-state index in [-0.39, 0.29) is 12.6 Å². The van der Waals surface area contributed by atoms with Crippen molar-refractivity contribution in [2.24, 2.45) is 5.92 Å². The van der Waals surface area contributed by atoms with Crippen LogP contribution in [0.25, 0.3) is 10.6 Å². The first-order chi connectivity index (χ1) is 16.1. The van der Waals surface area contributed by atoms with Crippen molar-refractivity contribution < 1.29 is 13.5 Å². The van der Waals surface area contributed by atoms with Crippen molar-refractivity contribution in [3.8, 4) is 10.6 Å². The summed E-state index contributed by atoms with van der Waals surface area (Å²) < 4.78 is 25.4.